The van der Waals surface area contributed by atoms with Crippen molar-refractivity contribution in [2.75, 3.05) is 0 Å². The number of aromatic carboxylic acids is 1. The van der Waals surface area contributed by atoms with Crippen LogP contribution in [0.25, 0.3) is 16.6 Å². The number of aromatic nitrogens is 1. The second kappa shape index (κ2) is 8.03. The highest BCUT2D eigenvalue weighted by Gasteiger charge is 2.39. The molecule has 0 amide bonds. The summed E-state index contributed by atoms with van der Waals surface area (Å²) < 4.78 is 7.43. The van der Waals surface area contributed by atoms with Gasteiger partial charge in [-0.2, -0.15) is 0 Å². The zero-order valence-corrected chi connectivity index (χ0v) is 18.7. The number of nitrogens with zero attached hydrogens (tertiary/aromatic N) is 1. The van der Waals surface area contributed by atoms with E-state index in [0.717, 1.165) is 28.8 Å². The molecule has 1 aliphatic rings. The quantitative estimate of drug-likeness (QED) is 0.346. The third-order valence-electron chi connectivity index (χ3n) is 6.05. The maximum absolute atomic E-state index is 12.1. The van der Waals surface area contributed by atoms with Gasteiger partial charge in [0.25, 0.3) is 0 Å². The van der Waals surface area contributed by atoms with Crippen molar-refractivity contribution in [1.29, 1.82) is 0 Å². The molecule has 0 radical (unpaired) electrons. The predicted molar refractivity (Wildman–Crippen MR) is 128 cm³/mol. The van der Waals surface area contributed by atoms with E-state index >= 15 is 0 Å². The lowest BCUT2D eigenvalue weighted by atomic mass is 10.0. The van der Waals surface area contributed by atoms with Gasteiger partial charge in [0.1, 0.15) is 5.75 Å². The standard InChI is InChI=1S/C27H24ClNO3/c1-16(2)32-20-11-9-19(10-12-20)29-24-13-8-18(14-23(24)25(28)26(29)27(30)31)22-15-21(22)17-6-4-3-5-7-17/h3-14,16,21-22H,15H2,1-2H3,(H,30,31). The van der Waals surface area contributed by atoms with Crippen molar-refractivity contribution >= 4 is 28.5 Å². The van der Waals surface area contributed by atoms with Crippen molar-refractivity contribution < 1.29 is 14.6 Å². The molecule has 5 heteroatoms. The van der Waals surface area contributed by atoms with E-state index in [-0.39, 0.29) is 16.8 Å². The minimum absolute atomic E-state index is 0.0674. The molecule has 0 aliphatic heterocycles. The molecule has 4 aromatic rings. The lowest BCUT2D eigenvalue weighted by Crippen LogP contribution is -2.08. The van der Waals surface area contributed by atoms with E-state index in [1.54, 1.807) is 4.57 Å². The van der Waals surface area contributed by atoms with E-state index in [4.69, 9.17) is 16.3 Å². The van der Waals surface area contributed by atoms with Crippen LogP contribution in [0, 0.1) is 0 Å². The van der Waals surface area contributed by atoms with Crippen LogP contribution in [0.4, 0.5) is 0 Å². The van der Waals surface area contributed by atoms with Gasteiger partial charge in [-0.05, 0) is 79.6 Å². The second-order valence-electron chi connectivity index (χ2n) is 8.60. The van der Waals surface area contributed by atoms with E-state index in [2.05, 4.69) is 36.4 Å². The molecular formula is C27H24ClNO3. The largest absolute Gasteiger partial charge is 0.491 e. The highest BCUT2D eigenvalue weighted by atomic mass is 35.5. The molecule has 2 atom stereocenters. The molecule has 1 aromatic heterocycles. The van der Waals surface area contributed by atoms with Crippen molar-refractivity contribution in [3.05, 3.63) is 94.6 Å². The monoisotopic (exact) mass is 445 g/mol. The summed E-state index contributed by atoms with van der Waals surface area (Å²) in [5.74, 6) is 0.624. The van der Waals surface area contributed by atoms with Crippen molar-refractivity contribution in [3.8, 4) is 11.4 Å². The van der Waals surface area contributed by atoms with Crippen LogP contribution in [0.2, 0.25) is 5.02 Å². The Bertz CT molecular complexity index is 1290. The van der Waals surface area contributed by atoms with Crippen LogP contribution < -0.4 is 4.74 Å². The van der Waals surface area contributed by atoms with E-state index in [9.17, 15) is 9.90 Å². The molecule has 5 rings (SSSR count). The van der Waals surface area contributed by atoms with Gasteiger partial charge in [-0.15, -0.1) is 0 Å². The average molecular weight is 446 g/mol. The summed E-state index contributed by atoms with van der Waals surface area (Å²) in [7, 11) is 0. The SMILES string of the molecule is CC(C)Oc1ccc(-n2c(C(=O)O)c(Cl)c3cc(C4CC4c4ccccc4)ccc32)cc1. The van der Waals surface area contributed by atoms with E-state index in [0.29, 0.717) is 11.8 Å². The third kappa shape index (κ3) is 3.65. The molecule has 0 saturated heterocycles. The molecule has 1 fully saturated rings. The maximum atomic E-state index is 12.1. The summed E-state index contributed by atoms with van der Waals surface area (Å²) in [6.45, 7) is 3.94. The van der Waals surface area contributed by atoms with Gasteiger partial charge in [0, 0.05) is 11.1 Å². The number of halogens is 1. The summed E-state index contributed by atoms with van der Waals surface area (Å²) in [5.41, 5.74) is 4.13. The summed E-state index contributed by atoms with van der Waals surface area (Å²) in [6.07, 6.45) is 1.16. The molecular weight excluding hydrogens is 422 g/mol. The van der Waals surface area contributed by atoms with Crippen molar-refractivity contribution in [3.63, 3.8) is 0 Å². The Labute approximate surface area is 192 Å². The molecule has 0 spiro atoms. The average Bonchev–Trinajstić information content (AvgIpc) is 3.53. The molecule has 2 unspecified atom stereocenters. The third-order valence-corrected chi connectivity index (χ3v) is 6.43. The Morgan fingerprint density at radius 1 is 1.00 bits per heavy atom. The number of ether oxygens (including phenoxy) is 1. The maximum Gasteiger partial charge on any atom is 0.354 e. The van der Waals surface area contributed by atoms with Crippen molar-refractivity contribution in [1.82, 2.24) is 4.57 Å². The number of carbonyl (C=O) groups is 1. The summed E-state index contributed by atoms with van der Waals surface area (Å²) in [6, 6.07) is 24.1. The molecule has 1 saturated carbocycles. The molecule has 162 valence electrons. The Morgan fingerprint density at radius 3 is 2.34 bits per heavy atom. The Hall–Kier alpha value is -3.24. The van der Waals surface area contributed by atoms with Gasteiger partial charge in [0.2, 0.25) is 0 Å². The van der Waals surface area contributed by atoms with E-state index < -0.39 is 5.97 Å². The minimum atomic E-state index is -1.05. The first kappa shape index (κ1) is 20.7. The zero-order valence-electron chi connectivity index (χ0n) is 18.0. The zero-order chi connectivity index (χ0) is 22.4. The van der Waals surface area contributed by atoms with Crippen LogP contribution in [0.3, 0.4) is 0 Å². The Kier molecular flexibility index (Phi) is 5.18. The number of fused-ring (bicyclic) bond motifs is 1. The number of hydrogen-bond acceptors (Lipinski definition) is 2. The highest BCUT2D eigenvalue weighted by molar-refractivity contribution is 6.38. The first-order valence-corrected chi connectivity index (χ1v) is 11.2. The van der Waals surface area contributed by atoms with E-state index in [1.807, 2.05) is 50.2 Å². The van der Waals surface area contributed by atoms with Crippen LogP contribution in [-0.4, -0.2) is 21.7 Å². The van der Waals surface area contributed by atoms with Crippen LogP contribution >= 0.6 is 11.6 Å². The summed E-state index contributed by atoms with van der Waals surface area (Å²) in [5, 5.41) is 11.0. The van der Waals surface area contributed by atoms with Crippen molar-refractivity contribution in [2.45, 2.75) is 38.2 Å². The van der Waals surface area contributed by atoms with Crippen LogP contribution in [0.5, 0.6) is 5.75 Å². The van der Waals surface area contributed by atoms with Crippen molar-refractivity contribution in [2.24, 2.45) is 0 Å². The fourth-order valence-electron chi connectivity index (χ4n) is 4.54. The molecule has 1 heterocycles. The van der Waals surface area contributed by atoms with Gasteiger partial charge >= 0.3 is 5.97 Å². The van der Waals surface area contributed by atoms with Gasteiger partial charge in [-0.25, -0.2) is 4.79 Å². The fourth-order valence-corrected chi connectivity index (χ4v) is 4.85. The smallest absolute Gasteiger partial charge is 0.354 e. The van der Waals surface area contributed by atoms with Crippen LogP contribution in [-0.2, 0) is 0 Å². The first-order chi connectivity index (χ1) is 15.4. The second-order valence-corrected chi connectivity index (χ2v) is 8.98. The Balaban J connectivity index is 1.55. The Morgan fingerprint density at radius 2 is 1.69 bits per heavy atom. The molecule has 4 nitrogen and oxygen atoms in total. The van der Waals surface area contributed by atoms with Gasteiger partial charge < -0.3 is 14.4 Å². The van der Waals surface area contributed by atoms with Gasteiger partial charge in [0.05, 0.1) is 16.6 Å². The minimum Gasteiger partial charge on any atom is -0.491 e. The number of benzene rings is 3. The number of carboxylic acids is 1. The number of carboxylic acid groups (broad SMARTS) is 1. The summed E-state index contributed by atoms with van der Waals surface area (Å²) in [4.78, 5) is 12.1. The topological polar surface area (TPSA) is 51.5 Å². The molecule has 0 bridgehead atoms. The van der Waals surface area contributed by atoms with Gasteiger partial charge in [0.15, 0.2) is 5.69 Å². The predicted octanol–water partition coefficient (Wildman–Crippen LogP) is 7.04. The first-order valence-electron chi connectivity index (χ1n) is 10.8. The van der Waals surface area contributed by atoms with Gasteiger partial charge in [-0.1, -0.05) is 48.0 Å². The normalized spacial score (nSPS) is 17.6. The number of hydrogen-bond donors (Lipinski definition) is 1. The summed E-state index contributed by atoms with van der Waals surface area (Å²) >= 11 is 6.63. The van der Waals surface area contributed by atoms with Crippen LogP contribution in [0.1, 0.15) is 53.7 Å². The molecule has 1 aliphatic carbocycles. The lowest BCUT2D eigenvalue weighted by molar-refractivity contribution is 0.0689. The molecule has 1 N–H and O–H groups in total. The fraction of sp³-hybridized carbons (Fsp3) is 0.222. The highest BCUT2D eigenvalue weighted by Crippen LogP contribution is 2.55. The van der Waals surface area contributed by atoms with E-state index in [1.165, 1.54) is 11.1 Å². The lowest BCUT2D eigenvalue weighted by Gasteiger charge is -2.12. The van der Waals surface area contributed by atoms with Crippen LogP contribution in [0.15, 0.2) is 72.8 Å². The molecule has 3 aromatic carbocycles. The molecule has 32 heavy (non-hydrogen) atoms. The number of rotatable bonds is 6. The van der Waals surface area contributed by atoms with Gasteiger partial charge in [-0.3, -0.25) is 0 Å².